The Hall–Kier alpha value is 1.28. The Bertz CT molecular complexity index is 70.0. The van der Waals surface area contributed by atoms with Gasteiger partial charge in [0.05, 0.1) is 0 Å². The first-order chi connectivity index (χ1) is 3.97. The molecule has 1 nitrogen and oxygen atoms in total. The van der Waals surface area contributed by atoms with E-state index in [9.17, 15) is 0 Å². The van der Waals surface area contributed by atoms with E-state index >= 15 is 0 Å². The molecule has 2 aliphatic rings. The minimum absolute atomic E-state index is 0. The fraction of sp³-hybridized carbons (Fsp3) is 0.857. The average Bonchev–Trinajstić information content (AvgIpc) is 2.46. The van der Waals surface area contributed by atoms with Crippen LogP contribution in [0.2, 0.25) is 0 Å². The van der Waals surface area contributed by atoms with Crippen molar-refractivity contribution in [3.8, 4) is 0 Å². The second-order valence-electron chi connectivity index (χ2n) is 2.18. The summed E-state index contributed by atoms with van der Waals surface area (Å²) in [7, 11) is 0. The Balaban J connectivity index is 0. The molecule has 0 aromatic heterocycles. The topological polar surface area (TPSA) is 12.0 Å². The molecule has 10 heavy (non-hydrogen) atoms. The molecule has 0 aromatic carbocycles. The van der Waals surface area contributed by atoms with Gasteiger partial charge in [-0.1, -0.05) is 13.8 Å². The van der Waals surface area contributed by atoms with E-state index in [1.165, 1.54) is 13.1 Å². The molecule has 1 saturated heterocycles. The molecule has 0 aromatic rings. The maximum Gasteiger partial charge on any atom is 0 e. The van der Waals surface area contributed by atoms with Gasteiger partial charge in [0, 0.05) is 40.8 Å². The van der Waals surface area contributed by atoms with Gasteiger partial charge in [-0.2, -0.15) is 11.8 Å². The predicted octanol–water partition coefficient (Wildman–Crippen LogP) is 1.06. The molecule has 2 fully saturated rings. The van der Waals surface area contributed by atoms with Gasteiger partial charge in [-0.25, -0.2) is 0 Å². The van der Waals surface area contributed by atoms with Gasteiger partial charge in [-0.3, -0.25) is 0 Å². The quantitative estimate of drug-likeness (QED) is 0.508. The van der Waals surface area contributed by atoms with Crippen LogP contribution in [0.4, 0.5) is 0 Å². The third-order valence-corrected chi connectivity index (χ3v) is 1.66. The van der Waals surface area contributed by atoms with Gasteiger partial charge >= 0.3 is 0 Å². The van der Waals surface area contributed by atoms with Crippen molar-refractivity contribution >= 4 is 0 Å². The Morgan fingerprint density at radius 2 is 1.50 bits per heavy atom. The fourth-order valence-electron chi connectivity index (χ4n) is 1.11. The first kappa shape index (κ1) is 13.8. The van der Waals surface area contributed by atoms with Gasteiger partial charge in [-0.15, -0.1) is 0 Å². The van der Waals surface area contributed by atoms with Crippen molar-refractivity contribution in [2.45, 2.75) is 13.8 Å². The summed E-state index contributed by atoms with van der Waals surface area (Å²) in [5, 5.41) is 3.29. The van der Waals surface area contributed by atoms with Crippen molar-refractivity contribution in [1.82, 2.24) is 5.32 Å². The van der Waals surface area contributed by atoms with Crippen LogP contribution in [-0.2, 0) is 40.8 Å². The van der Waals surface area contributed by atoms with E-state index in [-0.39, 0.29) is 40.8 Å². The molecule has 0 spiro atoms. The monoisotopic (exact) mass is 486 g/mol. The molecule has 1 aliphatic heterocycles. The average molecular weight is 485 g/mol. The summed E-state index contributed by atoms with van der Waals surface area (Å²) in [5.74, 6) is 1.95. The molecule has 2 radical (unpaired) electrons. The zero-order valence-electron chi connectivity index (χ0n) is 6.40. The second kappa shape index (κ2) is 6.96. The zero-order valence-corrected chi connectivity index (χ0v) is 11.8. The summed E-state index contributed by atoms with van der Waals surface area (Å²) >= 11 is 0. The summed E-state index contributed by atoms with van der Waals surface area (Å²) in [6.45, 7) is 6.51. The Morgan fingerprint density at radius 1 is 1.10 bits per heavy atom. The van der Waals surface area contributed by atoms with Crippen molar-refractivity contribution in [1.29, 1.82) is 0 Å². The van der Waals surface area contributed by atoms with Crippen LogP contribution in [0.25, 0.3) is 0 Å². The van der Waals surface area contributed by atoms with Gasteiger partial charge < -0.3 is 11.7 Å². The molecule has 2 unspecified atom stereocenters. The van der Waals surface area contributed by atoms with E-state index in [0.717, 1.165) is 11.8 Å². The molecule has 3 heteroatoms. The Labute approximate surface area is 91.0 Å². The molecule has 62 valence electrons. The van der Waals surface area contributed by atoms with Crippen LogP contribution in [0.15, 0.2) is 0 Å². The number of rotatable bonds is 0. The summed E-state index contributed by atoms with van der Waals surface area (Å²) in [6.07, 6.45) is 2.41. The predicted molar refractivity (Wildman–Crippen MR) is 35.5 cm³/mol. The number of hydrogen-bond acceptors (Lipinski definition) is 1. The number of hydrogen-bond donors (Lipinski definition) is 1. The van der Waals surface area contributed by atoms with Crippen LogP contribution in [0.1, 0.15) is 13.8 Å². The van der Waals surface area contributed by atoms with E-state index < -0.39 is 0 Å². The van der Waals surface area contributed by atoms with Crippen LogP contribution < -0.4 is 5.32 Å². The summed E-state index contributed by atoms with van der Waals surface area (Å²) in [4.78, 5) is 0. The van der Waals surface area contributed by atoms with Gasteiger partial charge in [0.15, 0.2) is 0 Å². The number of nitrogens with one attached hydrogen (secondary N) is 1. The normalized spacial score (nSPS) is 31.8. The first-order valence-corrected chi connectivity index (χ1v) is 3.52. The minimum atomic E-state index is 0. The third-order valence-electron chi connectivity index (χ3n) is 1.66. The third kappa shape index (κ3) is 3.61. The number of piperidine rings is 1. The van der Waals surface area contributed by atoms with Crippen molar-refractivity contribution < 1.29 is 40.8 Å². The summed E-state index contributed by atoms with van der Waals surface area (Å²) in [5.41, 5.74) is 0. The van der Waals surface area contributed by atoms with E-state index in [1.54, 1.807) is 0 Å². The first-order valence-electron chi connectivity index (χ1n) is 3.52. The van der Waals surface area contributed by atoms with Crippen LogP contribution in [0.5, 0.6) is 0 Å². The second-order valence-corrected chi connectivity index (χ2v) is 2.18. The number of fused-ring (bicyclic) bond motifs is 1. The van der Waals surface area contributed by atoms with E-state index in [0.29, 0.717) is 0 Å². The zero-order chi connectivity index (χ0) is 5.98. The van der Waals surface area contributed by atoms with Crippen LogP contribution in [0.3, 0.4) is 0 Å². The standard InChI is InChI=1S/C5H8N.C2H6.2Re/c1-4-2-6-3-5(1)4;1-2;;/h1,4-6H,2-3H2;1-2H3;;/q-1;;;. The van der Waals surface area contributed by atoms with Crippen molar-refractivity contribution in [2.75, 3.05) is 13.1 Å². The van der Waals surface area contributed by atoms with Crippen LogP contribution >= 0.6 is 0 Å². The Kier molecular flexibility index (Phi) is 9.64. The smallest absolute Gasteiger partial charge is 0 e. The van der Waals surface area contributed by atoms with Gasteiger partial charge in [0.25, 0.3) is 0 Å². The van der Waals surface area contributed by atoms with E-state index in [4.69, 9.17) is 0 Å². The Morgan fingerprint density at radius 3 is 1.60 bits per heavy atom. The molecule has 1 saturated carbocycles. The van der Waals surface area contributed by atoms with E-state index in [1.807, 2.05) is 13.8 Å². The molecule has 0 bridgehead atoms. The van der Waals surface area contributed by atoms with Crippen LogP contribution in [0, 0.1) is 18.3 Å². The molecule has 0 amide bonds. The molecule has 2 rings (SSSR count). The summed E-state index contributed by atoms with van der Waals surface area (Å²) < 4.78 is 0. The molecular formula is C7H14NRe2-. The SMILES string of the molecule is CC.[CH-]1C2CNCC12.[Re].[Re]. The minimum Gasteiger partial charge on any atom is -0.324 e. The van der Waals surface area contributed by atoms with Gasteiger partial charge in [-0.05, 0) is 13.1 Å². The largest absolute Gasteiger partial charge is 0.324 e. The maximum atomic E-state index is 3.29. The molecule has 2 atom stereocenters. The molecule has 1 N–H and O–H groups in total. The van der Waals surface area contributed by atoms with E-state index in [2.05, 4.69) is 11.7 Å². The summed E-state index contributed by atoms with van der Waals surface area (Å²) in [6, 6.07) is 0. The van der Waals surface area contributed by atoms with Crippen molar-refractivity contribution in [2.24, 2.45) is 11.8 Å². The van der Waals surface area contributed by atoms with Gasteiger partial charge in [0.1, 0.15) is 0 Å². The molecular weight excluding hydrogens is 470 g/mol. The fourth-order valence-corrected chi connectivity index (χ4v) is 1.11. The van der Waals surface area contributed by atoms with Gasteiger partial charge in [0.2, 0.25) is 0 Å². The van der Waals surface area contributed by atoms with Crippen molar-refractivity contribution in [3.05, 3.63) is 6.42 Å². The molecule has 1 aliphatic carbocycles. The van der Waals surface area contributed by atoms with Crippen LogP contribution in [-0.4, -0.2) is 13.1 Å². The van der Waals surface area contributed by atoms with Crippen molar-refractivity contribution in [3.63, 3.8) is 0 Å². The molecule has 1 heterocycles. The maximum absolute atomic E-state index is 3.29.